The van der Waals surface area contributed by atoms with Crippen molar-refractivity contribution in [2.75, 3.05) is 4.72 Å². The number of aromatic nitrogens is 4. The molecule has 0 atom stereocenters. The van der Waals surface area contributed by atoms with Crippen LogP contribution in [0.1, 0.15) is 0 Å². The van der Waals surface area contributed by atoms with Crippen molar-refractivity contribution in [2.45, 2.75) is 9.79 Å². The molecule has 0 saturated heterocycles. The predicted octanol–water partition coefficient (Wildman–Crippen LogP) is -0.428. The summed E-state index contributed by atoms with van der Waals surface area (Å²) in [6, 6.07) is 6.25. The molecule has 2 aromatic heterocycles. The molecule has 10 nitrogen and oxygen atoms in total. The molecule has 1 aromatic carbocycles. The van der Waals surface area contributed by atoms with Gasteiger partial charge in [-0.2, -0.15) is 4.98 Å². The van der Waals surface area contributed by atoms with E-state index in [4.69, 9.17) is 5.14 Å². The molecule has 0 fully saturated rings. The number of sulfonamides is 2. The molecule has 0 aliphatic carbocycles. The average Bonchev–Trinajstić information content (AvgIpc) is 2.88. The lowest BCUT2D eigenvalue weighted by Crippen LogP contribution is -2.16. The van der Waals surface area contributed by atoms with E-state index < -0.39 is 20.0 Å². The molecule has 0 amide bonds. The number of nitrogens with one attached hydrogen (secondary N) is 1. The summed E-state index contributed by atoms with van der Waals surface area (Å²) < 4.78 is 50.7. The van der Waals surface area contributed by atoms with E-state index in [1.54, 1.807) is 12.3 Å². The third-order valence-electron chi connectivity index (χ3n) is 2.79. The Morgan fingerprint density at radius 1 is 1.09 bits per heavy atom. The van der Waals surface area contributed by atoms with Gasteiger partial charge in [0.1, 0.15) is 0 Å². The maximum Gasteiger partial charge on any atom is 0.264 e. The highest BCUT2D eigenvalue weighted by atomic mass is 32.2. The zero-order valence-corrected chi connectivity index (χ0v) is 13.0. The number of anilines is 1. The van der Waals surface area contributed by atoms with Crippen LogP contribution >= 0.6 is 0 Å². The zero-order chi connectivity index (χ0) is 16.7. The number of nitrogens with two attached hydrogens (primary N) is 1. The molecule has 0 spiro atoms. The molecule has 0 saturated carbocycles. The Morgan fingerprint density at radius 2 is 1.83 bits per heavy atom. The number of hydrogen-bond acceptors (Lipinski definition) is 7. The van der Waals surface area contributed by atoms with Gasteiger partial charge in [0.25, 0.3) is 21.7 Å². The first kappa shape index (κ1) is 15.3. The van der Waals surface area contributed by atoms with E-state index in [-0.39, 0.29) is 21.5 Å². The first-order valence-electron chi connectivity index (χ1n) is 6.09. The van der Waals surface area contributed by atoms with Crippen LogP contribution in [0.15, 0.2) is 52.5 Å². The van der Waals surface area contributed by atoms with Crippen LogP contribution in [-0.2, 0) is 20.0 Å². The quantitative estimate of drug-likeness (QED) is 0.645. The van der Waals surface area contributed by atoms with Crippen molar-refractivity contribution in [1.29, 1.82) is 0 Å². The largest absolute Gasteiger partial charge is 0.264 e. The number of fused-ring (bicyclic) bond motifs is 1. The number of primary sulfonamides is 1. The Kier molecular flexibility index (Phi) is 3.50. The van der Waals surface area contributed by atoms with Gasteiger partial charge in [-0.05, 0) is 24.3 Å². The smallest absolute Gasteiger partial charge is 0.246 e. The van der Waals surface area contributed by atoms with Crippen LogP contribution in [0, 0.1) is 0 Å². The maximum atomic E-state index is 12.3. The summed E-state index contributed by atoms with van der Waals surface area (Å²) in [4.78, 5) is 7.22. The van der Waals surface area contributed by atoms with Crippen LogP contribution in [-0.4, -0.2) is 36.4 Å². The van der Waals surface area contributed by atoms with Gasteiger partial charge in [-0.1, -0.05) is 6.07 Å². The minimum Gasteiger partial charge on any atom is -0.246 e. The highest BCUT2D eigenvalue weighted by molar-refractivity contribution is 7.92. The van der Waals surface area contributed by atoms with Gasteiger partial charge in [0.2, 0.25) is 10.0 Å². The lowest BCUT2D eigenvalue weighted by atomic mass is 10.4. The van der Waals surface area contributed by atoms with Gasteiger partial charge >= 0.3 is 0 Å². The van der Waals surface area contributed by atoms with Crippen molar-refractivity contribution in [2.24, 2.45) is 5.14 Å². The van der Waals surface area contributed by atoms with Crippen molar-refractivity contribution in [1.82, 2.24) is 19.6 Å². The normalized spacial score (nSPS) is 12.4. The molecule has 3 aromatic rings. The number of benzene rings is 1. The zero-order valence-electron chi connectivity index (χ0n) is 11.4. The molecular formula is C11H10N6O4S2. The van der Waals surface area contributed by atoms with Gasteiger partial charge in [-0.3, -0.25) is 0 Å². The lowest BCUT2D eigenvalue weighted by Gasteiger charge is -2.05. The highest BCUT2D eigenvalue weighted by Gasteiger charge is 2.19. The Balaban J connectivity index is 1.98. The van der Waals surface area contributed by atoms with Crippen LogP contribution in [0.3, 0.4) is 0 Å². The van der Waals surface area contributed by atoms with Gasteiger partial charge in [0.05, 0.1) is 9.79 Å². The Morgan fingerprint density at radius 3 is 2.52 bits per heavy atom. The molecule has 0 aliphatic heterocycles. The summed E-state index contributed by atoms with van der Waals surface area (Å²) in [6.45, 7) is 0. The Hall–Kier alpha value is -2.57. The molecule has 2 heterocycles. The van der Waals surface area contributed by atoms with Crippen molar-refractivity contribution in [3.63, 3.8) is 0 Å². The van der Waals surface area contributed by atoms with E-state index in [9.17, 15) is 16.8 Å². The number of rotatable bonds is 4. The Labute approximate surface area is 131 Å². The first-order chi connectivity index (χ1) is 10.8. The van der Waals surface area contributed by atoms with Crippen LogP contribution in [0.5, 0.6) is 0 Å². The van der Waals surface area contributed by atoms with Gasteiger partial charge < -0.3 is 0 Å². The van der Waals surface area contributed by atoms with Crippen molar-refractivity contribution in [3.8, 4) is 0 Å². The maximum absolute atomic E-state index is 12.3. The second-order valence-corrected chi connectivity index (χ2v) is 7.67. The minimum atomic E-state index is -4.08. The number of nitrogens with zero attached hydrogens (tertiary/aromatic N) is 4. The summed E-state index contributed by atoms with van der Waals surface area (Å²) in [5.74, 6) is 0.0215. The molecule has 12 heteroatoms. The van der Waals surface area contributed by atoms with E-state index in [1.807, 2.05) is 0 Å². The summed E-state index contributed by atoms with van der Waals surface area (Å²) >= 11 is 0. The number of hydrogen-bond donors (Lipinski definition) is 2. The van der Waals surface area contributed by atoms with Crippen LogP contribution < -0.4 is 9.86 Å². The SMILES string of the molecule is NS(=O)(=O)c1cccc(S(=O)(=O)Nc2nc3ncccn3n2)c1. The highest BCUT2D eigenvalue weighted by Crippen LogP contribution is 2.17. The second-order valence-electron chi connectivity index (χ2n) is 4.43. The standard InChI is InChI=1S/C11H10N6O4S2/c12-22(18,19)8-3-1-4-9(7-8)23(20,21)16-10-14-11-13-5-2-6-17(11)15-10/h1-7H,(H,15,16)(H2,12,18,19). The van der Waals surface area contributed by atoms with Gasteiger partial charge in [-0.15, -0.1) is 5.10 Å². The third-order valence-corrected chi connectivity index (χ3v) is 5.02. The average molecular weight is 354 g/mol. The van der Waals surface area contributed by atoms with Gasteiger partial charge in [-0.25, -0.2) is 36.2 Å². The fraction of sp³-hybridized carbons (Fsp3) is 0. The summed E-state index contributed by atoms with van der Waals surface area (Å²) in [5, 5.41) is 8.90. The van der Waals surface area contributed by atoms with Gasteiger partial charge in [0, 0.05) is 12.4 Å². The van der Waals surface area contributed by atoms with Crippen molar-refractivity contribution < 1.29 is 16.8 Å². The van der Waals surface area contributed by atoms with Gasteiger partial charge in [0.15, 0.2) is 0 Å². The molecule has 0 bridgehead atoms. The lowest BCUT2D eigenvalue weighted by molar-refractivity contribution is 0.597. The monoisotopic (exact) mass is 354 g/mol. The van der Waals surface area contributed by atoms with E-state index >= 15 is 0 Å². The molecule has 0 unspecified atom stereocenters. The topological polar surface area (TPSA) is 149 Å². The van der Waals surface area contributed by atoms with Crippen molar-refractivity contribution >= 4 is 31.8 Å². The fourth-order valence-corrected chi connectivity index (χ4v) is 3.39. The van der Waals surface area contributed by atoms with Crippen LogP contribution in [0.4, 0.5) is 5.95 Å². The summed E-state index contributed by atoms with van der Waals surface area (Å²) in [5.41, 5.74) is 0. The first-order valence-corrected chi connectivity index (χ1v) is 9.12. The second kappa shape index (κ2) is 5.26. The fourth-order valence-electron chi connectivity index (χ4n) is 1.77. The van der Waals surface area contributed by atoms with Crippen molar-refractivity contribution in [3.05, 3.63) is 42.7 Å². The Bertz CT molecular complexity index is 1060. The molecule has 120 valence electrons. The predicted molar refractivity (Wildman–Crippen MR) is 79.4 cm³/mol. The molecule has 0 radical (unpaired) electrons. The molecule has 3 rings (SSSR count). The summed E-state index contributed by atoms with van der Waals surface area (Å²) in [6.07, 6.45) is 3.03. The molecule has 23 heavy (non-hydrogen) atoms. The molecule has 0 aliphatic rings. The van der Waals surface area contributed by atoms with E-state index in [0.717, 1.165) is 6.07 Å². The minimum absolute atomic E-state index is 0.190. The summed E-state index contributed by atoms with van der Waals surface area (Å²) in [7, 11) is -8.10. The van der Waals surface area contributed by atoms with E-state index in [1.165, 1.54) is 28.9 Å². The van der Waals surface area contributed by atoms with E-state index in [0.29, 0.717) is 0 Å². The van der Waals surface area contributed by atoms with Crippen LogP contribution in [0.25, 0.3) is 5.78 Å². The third kappa shape index (κ3) is 3.13. The molecule has 3 N–H and O–H groups in total. The van der Waals surface area contributed by atoms with E-state index in [2.05, 4.69) is 19.8 Å². The molecular weight excluding hydrogens is 344 g/mol. The van der Waals surface area contributed by atoms with Crippen LogP contribution in [0.2, 0.25) is 0 Å².